The van der Waals surface area contributed by atoms with Gasteiger partial charge in [-0.1, -0.05) is 13.8 Å². The molecule has 6 heteroatoms. The predicted molar refractivity (Wildman–Crippen MR) is 73.8 cm³/mol. The predicted octanol–water partition coefficient (Wildman–Crippen LogP) is 1.92. The summed E-state index contributed by atoms with van der Waals surface area (Å²) < 4.78 is 17.8. The molecule has 0 aromatic heterocycles. The standard InChI is InChI=1S/C14H19FN2O3/c1-8(2)6-11(16)13(18)17-12-7-9(15)4-5-10(12)14(19)20-3/h4-5,7-8,11H,6,16H2,1-3H3,(H,17,18)/t11-/m1/s1. The van der Waals surface area contributed by atoms with Crippen LogP contribution in [0.3, 0.4) is 0 Å². The minimum atomic E-state index is -0.719. The Morgan fingerprint density at radius 1 is 1.40 bits per heavy atom. The smallest absolute Gasteiger partial charge is 0.339 e. The topological polar surface area (TPSA) is 81.4 Å². The fourth-order valence-corrected chi connectivity index (χ4v) is 1.75. The van der Waals surface area contributed by atoms with Gasteiger partial charge in [0.05, 0.1) is 24.4 Å². The molecule has 110 valence electrons. The van der Waals surface area contributed by atoms with Crippen molar-refractivity contribution in [3.05, 3.63) is 29.6 Å². The van der Waals surface area contributed by atoms with E-state index in [1.165, 1.54) is 13.2 Å². The zero-order valence-electron chi connectivity index (χ0n) is 11.8. The number of rotatable bonds is 5. The van der Waals surface area contributed by atoms with E-state index in [4.69, 9.17) is 5.73 Å². The molecular formula is C14H19FN2O3. The molecule has 0 unspecified atom stereocenters. The molecule has 1 amide bonds. The first-order valence-electron chi connectivity index (χ1n) is 6.29. The fourth-order valence-electron chi connectivity index (χ4n) is 1.75. The summed E-state index contributed by atoms with van der Waals surface area (Å²) in [6.07, 6.45) is 0.495. The summed E-state index contributed by atoms with van der Waals surface area (Å²) in [5.41, 5.74) is 5.88. The molecule has 1 atom stereocenters. The zero-order chi connectivity index (χ0) is 15.3. The molecule has 0 radical (unpaired) electrons. The Labute approximate surface area is 117 Å². The van der Waals surface area contributed by atoms with Crippen LogP contribution >= 0.6 is 0 Å². The molecule has 0 heterocycles. The van der Waals surface area contributed by atoms with Crippen molar-refractivity contribution in [1.29, 1.82) is 0 Å². The first kappa shape index (κ1) is 16.1. The van der Waals surface area contributed by atoms with Gasteiger partial charge >= 0.3 is 5.97 Å². The second kappa shape index (κ2) is 7.00. The Morgan fingerprint density at radius 3 is 2.60 bits per heavy atom. The molecule has 5 nitrogen and oxygen atoms in total. The highest BCUT2D eigenvalue weighted by Gasteiger charge is 2.19. The van der Waals surface area contributed by atoms with Crippen LogP contribution in [-0.4, -0.2) is 25.0 Å². The Kier molecular flexibility index (Phi) is 5.64. The van der Waals surface area contributed by atoms with E-state index in [0.717, 1.165) is 12.1 Å². The number of anilines is 1. The van der Waals surface area contributed by atoms with Crippen molar-refractivity contribution in [3.8, 4) is 0 Å². The van der Waals surface area contributed by atoms with Crippen molar-refractivity contribution in [1.82, 2.24) is 0 Å². The second-order valence-electron chi connectivity index (χ2n) is 4.91. The van der Waals surface area contributed by atoms with Gasteiger partial charge in [-0.2, -0.15) is 0 Å². The van der Waals surface area contributed by atoms with Crippen LogP contribution < -0.4 is 11.1 Å². The van der Waals surface area contributed by atoms with Gasteiger partial charge in [0.2, 0.25) is 5.91 Å². The van der Waals surface area contributed by atoms with Crippen LogP contribution in [0.5, 0.6) is 0 Å². The van der Waals surface area contributed by atoms with Crippen molar-refractivity contribution >= 4 is 17.6 Å². The summed E-state index contributed by atoms with van der Waals surface area (Å²) in [4.78, 5) is 23.5. The first-order valence-corrected chi connectivity index (χ1v) is 6.29. The number of nitrogens with one attached hydrogen (secondary N) is 1. The maximum atomic E-state index is 13.2. The van der Waals surface area contributed by atoms with Gasteiger partial charge in [-0.05, 0) is 30.5 Å². The molecule has 3 N–H and O–H groups in total. The number of hydrogen-bond donors (Lipinski definition) is 2. The third kappa shape index (κ3) is 4.31. The third-order valence-electron chi connectivity index (χ3n) is 2.71. The van der Waals surface area contributed by atoms with Gasteiger partial charge in [0.25, 0.3) is 0 Å². The number of hydrogen-bond acceptors (Lipinski definition) is 4. The minimum Gasteiger partial charge on any atom is -0.465 e. The fraction of sp³-hybridized carbons (Fsp3) is 0.429. The summed E-state index contributed by atoms with van der Waals surface area (Å²) in [6.45, 7) is 3.88. The van der Waals surface area contributed by atoms with Crippen LogP contribution in [0.25, 0.3) is 0 Å². The molecule has 0 saturated carbocycles. The SMILES string of the molecule is COC(=O)c1ccc(F)cc1NC(=O)[C@H](N)CC(C)C. The van der Waals surface area contributed by atoms with Crippen LogP contribution in [0.2, 0.25) is 0 Å². The minimum absolute atomic E-state index is 0.0565. The molecule has 0 saturated heterocycles. The van der Waals surface area contributed by atoms with Crippen LogP contribution in [0.4, 0.5) is 10.1 Å². The summed E-state index contributed by atoms with van der Waals surface area (Å²) in [5.74, 6) is -1.43. The molecule has 20 heavy (non-hydrogen) atoms. The first-order chi connectivity index (χ1) is 9.35. The van der Waals surface area contributed by atoms with E-state index in [0.29, 0.717) is 6.42 Å². The lowest BCUT2D eigenvalue weighted by Gasteiger charge is -2.15. The number of esters is 1. The molecule has 1 rings (SSSR count). The van der Waals surface area contributed by atoms with Crippen LogP contribution in [0.1, 0.15) is 30.6 Å². The molecule has 0 aliphatic carbocycles. The summed E-state index contributed by atoms with van der Waals surface area (Å²) in [5, 5.41) is 2.47. The van der Waals surface area contributed by atoms with E-state index in [1.54, 1.807) is 0 Å². The number of nitrogens with two attached hydrogens (primary N) is 1. The Bertz CT molecular complexity index is 503. The van der Waals surface area contributed by atoms with Crippen molar-refractivity contribution in [2.45, 2.75) is 26.3 Å². The third-order valence-corrected chi connectivity index (χ3v) is 2.71. The number of amides is 1. The number of benzene rings is 1. The highest BCUT2D eigenvalue weighted by Crippen LogP contribution is 2.19. The quantitative estimate of drug-likeness (QED) is 0.808. The maximum Gasteiger partial charge on any atom is 0.339 e. The highest BCUT2D eigenvalue weighted by atomic mass is 19.1. The van der Waals surface area contributed by atoms with E-state index in [1.807, 2.05) is 13.8 Å². The van der Waals surface area contributed by atoms with Crippen LogP contribution in [0, 0.1) is 11.7 Å². The Hall–Kier alpha value is -1.95. The van der Waals surface area contributed by atoms with Crippen LogP contribution in [-0.2, 0) is 9.53 Å². The maximum absolute atomic E-state index is 13.2. The molecular weight excluding hydrogens is 263 g/mol. The van der Waals surface area contributed by atoms with E-state index in [2.05, 4.69) is 10.1 Å². The average Bonchev–Trinajstić information content (AvgIpc) is 2.37. The lowest BCUT2D eigenvalue weighted by atomic mass is 10.0. The molecule has 0 spiro atoms. The van der Waals surface area contributed by atoms with Gasteiger partial charge < -0.3 is 15.8 Å². The average molecular weight is 282 g/mol. The molecule has 0 fully saturated rings. The van der Waals surface area contributed by atoms with Gasteiger partial charge in [-0.3, -0.25) is 4.79 Å². The summed E-state index contributed by atoms with van der Waals surface area (Å²) in [7, 11) is 1.21. The molecule has 0 aliphatic heterocycles. The second-order valence-corrected chi connectivity index (χ2v) is 4.91. The number of ether oxygens (including phenoxy) is 1. The summed E-state index contributed by atoms with van der Waals surface area (Å²) in [6, 6.07) is 2.72. The monoisotopic (exact) mass is 282 g/mol. The lowest BCUT2D eigenvalue weighted by Crippen LogP contribution is -2.37. The van der Waals surface area contributed by atoms with Crippen molar-refractivity contribution in [2.75, 3.05) is 12.4 Å². The largest absolute Gasteiger partial charge is 0.465 e. The number of methoxy groups -OCH3 is 1. The van der Waals surface area contributed by atoms with E-state index >= 15 is 0 Å². The lowest BCUT2D eigenvalue weighted by molar-refractivity contribution is -0.117. The van der Waals surface area contributed by atoms with Gasteiger partial charge in [-0.15, -0.1) is 0 Å². The van der Waals surface area contributed by atoms with Gasteiger partial charge in [-0.25, -0.2) is 9.18 Å². The molecule has 0 aliphatic rings. The van der Waals surface area contributed by atoms with Crippen molar-refractivity contribution < 1.29 is 18.7 Å². The normalized spacial score (nSPS) is 12.1. The Balaban J connectivity index is 2.93. The number of carbonyl (C=O) groups is 2. The van der Waals surface area contributed by atoms with E-state index < -0.39 is 23.7 Å². The zero-order valence-corrected chi connectivity index (χ0v) is 11.8. The number of carbonyl (C=O) groups excluding carboxylic acids is 2. The van der Waals surface area contributed by atoms with Crippen LogP contribution in [0.15, 0.2) is 18.2 Å². The van der Waals surface area contributed by atoms with E-state index in [9.17, 15) is 14.0 Å². The molecule has 1 aromatic carbocycles. The van der Waals surface area contributed by atoms with Crippen molar-refractivity contribution in [2.24, 2.45) is 11.7 Å². The number of halogens is 1. The Morgan fingerprint density at radius 2 is 2.05 bits per heavy atom. The summed E-state index contributed by atoms with van der Waals surface area (Å²) >= 11 is 0. The van der Waals surface area contributed by atoms with Gasteiger partial charge in [0, 0.05) is 0 Å². The van der Waals surface area contributed by atoms with Gasteiger partial charge in [0.1, 0.15) is 5.82 Å². The molecule has 1 aromatic rings. The van der Waals surface area contributed by atoms with Crippen molar-refractivity contribution in [3.63, 3.8) is 0 Å². The van der Waals surface area contributed by atoms with Gasteiger partial charge in [0.15, 0.2) is 0 Å². The van der Waals surface area contributed by atoms with E-state index in [-0.39, 0.29) is 17.2 Å². The molecule has 0 bridgehead atoms. The highest BCUT2D eigenvalue weighted by molar-refractivity contribution is 6.02.